The smallest absolute Gasteiger partial charge is 0.234 e. The van der Waals surface area contributed by atoms with Gasteiger partial charge in [0.2, 0.25) is 5.91 Å². The van der Waals surface area contributed by atoms with Crippen LogP contribution >= 0.6 is 0 Å². The van der Waals surface area contributed by atoms with E-state index in [9.17, 15) is 4.79 Å². The van der Waals surface area contributed by atoms with E-state index in [0.717, 1.165) is 19.5 Å². The van der Waals surface area contributed by atoms with Crippen molar-refractivity contribution in [2.45, 2.75) is 77.9 Å². The second-order valence-corrected chi connectivity index (χ2v) is 6.89. The Kier molecular flexibility index (Phi) is 7.52. The number of hydrogen-bond acceptors (Lipinski definition) is 3. The van der Waals surface area contributed by atoms with Crippen LogP contribution in [0.15, 0.2) is 0 Å². The molecule has 1 unspecified atom stereocenters. The molecule has 118 valence electrons. The van der Waals surface area contributed by atoms with Gasteiger partial charge in [-0.25, -0.2) is 0 Å². The van der Waals surface area contributed by atoms with Crippen molar-refractivity contribution in [3.8, 4) is 0 Å². The SMILES string of the molecule is CC(C)CN(CCC(NC(C)C)C(N)=O)C1CCCC1. The summed E-state index contributed by atoms with van der Waals surface area (Å²) >= 11 is 0. The number of rotatable bonds is 9. The van der Waals surface area contributed by atoms with Crippen LogP contribution in [0.4, 0.5) is 0 Å². The lowest BCUT2D eigenvalue weighted by Gasteiger charge is -2.31. The number of hydrogen-bond donors (Lipinski definition) is 2. The van der Waals surface area contributed by atoms with E-state index in [1.807, 2.05) is 0 Å². The molecular formula is C16H33N3O. The quantitative estimate of drug-likeness (QED) is 0.681. The first kappa shape index (κ1) is 17.4. The third kappa shape index (κ3) is 6.23. The third-order valence-electron chi connectivity index (χ3n) is 4.02. The lowest BCUT2D eigenvalue weighted by Crippen LogP contribution is -2.47. The molecule has 0 aromatic rings. The first-order valence-corrected chi connectivity index (χ1v) is 8.19. The van der Waals surface area contributed by atoms with Gasteiger partial charge in [-0.3, -0.25) is 4.79 Å². The minimum Gasteiger partial charge on any atom is -0.368 e. The van der Waals surface area contributed by atoms with Crippen molar-refractivity contribution in [1.29, 1.82) is 0 Å². The molecule has 0 radical (unpaired) electrons. The monoisotopic (exact) mass is 283 g/mol. The van der Waals surface area contributed by atoms with Crippen LogP contribution in [0, 0.1) is 5.92 Å². The van der Waals surface area contributed by atoms with Crippen LogP contribution in [0.3, 0.4) is 0 Å². The summed E-state index contributed by atoms with van der Waals surface area (Å²) in [5, 5.41) is 3.28. The zero-order valence-corrected chi connectivity index (χ0v) is 13.7. The lowest BCUT2D eigenvalue weighted by molar-refractivity contribution is -0.120. The van der Waals surface area contributed by atoms with E-state index in [2.05, 4.69) is 37.9 Å². The molecule has 0 aromatic carbocycles. The summed E-state index contributed by atoms with van der Waals surface area (Å²) in [6, 6.07) is 0.800. The van der Waals surface area contributed by atoms with Crippen molar-refractivity contribution >= 4 is 5.91 Å². The van der Waals surface area contributed by atoms with E-state index < -0.39 is 0 Å². The fraction of sp³-hybridized carbons (Fsp3) is 0.938. The number of nitrogens with two attached hydrogens (primary N) is 1. The number of carbonyl (C=O) groups is 1. The molecule has 0 aromatic heterocycles. The van der Waals surface area contributed by atoms with E-state index in [1.54, 1.807) is 0 Å². The predicted molar refractivity (Wildman–Crippen MR) is 84.5 cm³/mol. The zero-order valence-electron chi connectivity index (χ0n) is 13.7. The van der Waals surface area contributed by atoms with E-state index >= 15 is 0 Å². The van der Waals surface area contributed by atoms with Crippen LogP contribution < -0.4 is 11.1 Å². The highest BCUT2D eigenvalue weighted by Crippen LogP contribution is 2.24. The molecule has 1 amide bonds. The standard InChI is InChI=1S/C16H33N3O/c1-12(2)11-19(14-7-5-6-8-14)10-9-15(16(17)20)18-13(3)4/h12-15,18H,5-11H2,1-4H3,(H2,17,20). The fourth-order valence-electron chi connectivity index (χ4n) is 3.17. The Morgan fingerprint density at radius 3 is 2.30 bits per heavy atom. The van der Waals surface area contributed by atoms with E-state index in [1.165, 1.54) is 25.7 Å². The van der Waals surface area contributed by atoms with Gasteiger partial charge in [0.05, 0.1) is 6.04 Å². The van der Waals surface area contributed by atoms with E-state index in [-0.39, 0.29) is 18.0 Å². The Morgan fingerprint density at radius 1 is 1.25 bits per heavy atom. The number of carbonyl (C=O) groups excluding carboxylic acids is 1. The topological polar surface area (TPSA) is 58.4 Å². The summed E-state index contributed by atoms with van der Waals surface area (Å²) in [6.45, 7) is 10.7. The number of primary amides is 1. The maximum atomic E-state index is 11.5. The van der Waals surface area contributed by atoms with Crippen LogP contribution in [-0.2, 0) is 4.79 Å². The van der Waals surface area contributed by atoms with E-state index in [0.29, 0.717) is 12.0 Å². The molecule has 1 rings (SSSR count). The van der Waals surface area contributed by atoms with Crippen molar-refractivity contribution in [3.63, 3.8) is 0 Å². The molecule has 0 bridgehead atoms. The molecule has 0 aliphatic heterocycles. The van der Waals surface area contributed by atoms with Gasteiger partial charge in [-0.05, 0) is 25.2 Å². The molecule has 0 heterocycles. The van der Waals surface area contributed by atoms with Gasteiger partial charge in [0.15, 0.2) is 0 Å². The van der Waals surface area contributed by atoms with Gasteiger partial charge in [0.1, 0.15) is 0 Å². The van der Waals surface area contributed by atoms with Crippen molar-refractivity contribution in [2.75, 3.05) is 13.1 Å². The van der Waals surface area contributed by atoms with Gasteiger partial charge >= 0.3 is 0 Å². The molecule has 3 N–H and O–H groups in total. The first-order chi connectivity index (χ1) is 9.40. The number of amides is 1. The second kappa shape index (κ2) is 8.63. The first-order valence-electron chi connectivity index (χ1n) is 8.19. The van der Waals surface area contributed by atoms with Crippen molar-refractivity contribution in [2.24, 2.45) is 11.7 Å². The van der Waals surface area contributed by atoms with Gasteiger partial charge in [-0.15, -0.1) is 0 Å². The Balaban J connectivity index is 2.52. The molecule has 0 saturated heterocycles. The number of nitrogens with one attached hydrogen (secondary N) is 1. The average molecular weight is 283 g/mol. The summed E-state index contributed by atoms with van der Waals surface area (Å²) in [5.41, 5.74) is 5.51. The number of nitrogens with zero attached hydrogens (tertiary/aromatic N) is 1. The maximum absolute atomic E-state index is 11.5. The van der Waals surface area contributed by atoms with Crippen molar-refractivity contribution < 1.29 is 4.79 Å². The molecule has 1 saturated carbocycles. The van der Waals surface area contributed by atoms with Gasteiger partial charge in [-0.2, -0.15) is 0 Å². The third-order valence-corrected chi connectivity index (χ3v) is 4.02. The summed E-state index contributed by atoms with van der Waals surface area (Å²) in [5.74, 6) is 0.440. The summed E-state index contributed by atoms with van der Waals surface area (Å²) in [4.78, 5) is 14.1. The average Bonchev–Trinajstić information content (AvgIpc) is 2.85. The molecule has 1 aliphatic rings. The van der Waals surface area contributed by atoms with Crippen LogP contribution in [0.1, 0.15) is 59.8 Å². The van der Waals surface area contributed by atoms with Crippen LogP contribution in [0.2, 0.25) is 0 Å². The minimum absolute atomic E-state index is 0.203. The maximum Gasteiger partial charge on any atom is 0.234 e. The van der Waals surface area contributed by atoms with Gasteiger partial charge in [0.25, 0.3) is 0 Å². The van der Waals surface area contributed by atoms with Gasteiger partial charge in [-0.1, -0.05) is 40.5 Å². The molecular weight excluding hydrogens is 250 g/mol. The van der Waals surface area contributed by atoms with Crippen molar-refractivity contribution in [3.05, 3.63) is 0 Å². The van der Waals surface area contributed by atoms with Crippen LogP contribution in [0.5, 0.6) is 0 Å². The van der Waals surface area contributed by atoms with Crippen LogP contribution in [0.25, 0.3) is 0 Å². The molecule has 4 nitrogen and oxygen atoms in total. The predicted octanol–water partition coefficient (Wildman–Crippen LogP) is 2.13. The Hall–Kier alpha value is -0.610. The highest BCUT2D eigenvalue weighted by atomic mass is 16.1. The summed E-state index contributed by atoms with van der Waals surface area (Å²) < 4.78 is 0. The van der Waals surface area contributed by atoms with Crippen molar-refractivity contribution in [1.82, 2.24) is 10.2 Å². The zero-order chi connectivity index (χ0) is 15.1. The molecule has 20 heavy (non-hydrogen) atoms. The molecule has 0 spiro atoms. The highest BCUT2D eigenvalue weighted by molar-refractivity contribution is 5.79. The molecule has 4 heteroatoms. The lowest BCUT2D eigenvalue weighted by atomic mass is 10.1. The molecule has 1 aliphatic carbocycles. The Bertz CT molecular complexity index is 285. The van der Waals surface area contributed by atoms with Crippen LogP contribution in [-0.4, -0.2) is 42.0 Å². The highest BCUT2D eigenvalue weighted by Gasteiger charge is 2.25. The Morgan fingerprint density at radius 2 is 1.85 bits per heavy atom. The minimum atomic E-state index is -0.227. The largest absolute Gasteiger partial charge is 0.368 e. The second-order valence-electron chi connectivity index (χ2n) is 6.89. The van der Waals surface area contributed by atoms with Gasteiger partial charge in [0, 0.05) is 25.2 Å². The Labute approximate surface area is 124 Å². The fourth-order valence-corrected chi connectivity index (χ4v) is 3.17. The van der Waals surface area contributed by atoms with E-state index in [4.69, 9.17) is 5.73 Å². The molecule has 1 atom stereocenters. The molecule has 1 fully saturated rings. The summed E-state index contributed by atoms with van der Waals surface area (Å²) in [6.07, 6.45) is 6.14. The normalized spacial score (nSPS) is 18.4. The van der Waals surface area contributed by atoms with Gasteiger partial charge < -0.3 is 16.0 Å². The summed E-state index contributed by atoms with van der Waals surface area (Å²) in [7, 11) is 0.